The molecule has 0 saturated heterocycles. The molecule has 0 amide bonds. The molecule has 0 aromatic heterocycles. The Bertz CT molecular complexity index is 182. The van der Waals surface area contributed by atoms with Crippen LogP contribution in [0.1, 0.15) is 27.7 Å². The first-order valence-electron chi connectivity index (χ1n) is 4.65. The SMILES string of the molecule is C[C@@H](/C=C/Cl)O[Si](C)(C)C(C)(C)C. The van der Waals surface area contributed by atoms with Crippen LogP contribution in [-0.4, -0.2) is 14.4 Å². The van der Waals surface area contributed by atoms with Gasteiger partial charge in [-0.25, -0.2) is 0 Å². The van der Waals surface area contributed by atoms with E-state index in [1.165, 1.54) is 5.54 Å². The third-order valence-electron chi connectivity index (χ3n) is 2.63. The van der Waals surface area contributed by atoms with Crippen LogP contribution in [0.3, 0.4) is 0 Å². The van der Waals surface area contributed by atoms with Gasteiger partial charge < -0.3 is 4.43 Å². The summed E-state index contributed by atoms with van der Waals surface area (Å²) in [5.41, 5.74) is 1.53. The summed E-state index contributed by atoms with van der Waals surface area (Å²) in [6, 6.07) is 0. The molecule has 1 nitrogen and oxygen atoms in total. The number of rotatable bonds is 3. The molecular weight excluding hydrogens is 200 g/mol. The van der Waals surface area contributed by atoms with E-state index in [-0.39, 0.29) is 11.1 Å². The number of hydrogen-bond acceptors (Lipinski definition) is 1. The van der Waals surface area contributed by atoms with Crippen molar-refractivity contribution < 1.29 is 4.43 Å². The molecule has 0 aromatic rings. The Kier molecular flexibility index (Phi) is 4.70. The van der Waals surface area contributed by atoms with Crippen LogP contribution < -0.4 is 0 Å². The first kappa shape index (κ1) is 13.2. The predicted octanol–water partition coefficient (Wildman–Crippen LogP) is 4.15. The second-order valence-corrected chi connectivity index (χ2v) is 9.91. The molecule has 0 N–H and O–H groups in total. The predicted molar refractivity (Wildman–Crippen MR) is 62.7 cm³/mol. The molecule has 0 rings (SSSR count). The summed E-state index contributed by atoms with van der Waals surface area (Å²) in [7, 11) is -1.62. The standard InChI is InChI=1S/C10H21ClOSi/c1-9(7-8-11)12-13(5,6)10(2,3)4/h7-9H,1-6H3/b8-7+/t9-/m0/s1. The molecule has 13 heavy (non-hydrogen) atoms. The average molecular weight is 221 g/mol. The van der Waals surface area contributed by atoms with Gasteiger partial charge in [0, 0.05) is 5.54 Å². The van der Waals surface area contributed by atoms with Gasteiger partial charge in [0.2, 0.25) is 0 Å². The molecule has 0 bridgehead atoms. The van der Waals surface area contributed by atoms with Gasteiger partial charge >= 0.3 is 0 Å². The molecule has 0 heterocycles. The van der Waals surface area contributed by atoms with Gasteiger partial charge in [-0.15, -0.1) is 0 Å². The monoisotopic (exact) mass is 220 g/mol. The minimum absolute atomic E-state index is 0.124. The van der Waals surface area contributed by atoms with Crippen molar-refractivity contribution in [2.45, 2.75) is 51.9 Å². The second kappa shape index (κ2) is 4.62. The Balaban J connectivity index is 4.33. The minimum atomic E-state index is -1.62. The van der Waals surface area contributed by atoms with Crippen molar-refractivity contribution >= 4 is 19.9 Å². The van der Waals surface area contributed by atoms with Crippen LogP contribution in [0, 0.1) is 0 Å². The lowest BCUT2D eigenvalue weighted by Gasteiger charge is -2.37. The molecule has 0 aliphatic rings. The molecule has 0 spiro atoms. The fraction of sp³-hybridized carbons (Fsp3) is 0.800. The van der Waals surface area contributed by atoms with Gasteiger partial charge in [0.1, 0.15) is 0 Å². The molecule has 0 unspecified atom stereocenters. The maximum atomic E-state index is 6.01. The van der Waals surface area contributed by atoms with Crippen molar-refractivity contribution in [3.8, 4) is 0 Å². The summed E-state index contributed by atoms with van der Waals surface area (Å²) in [6.45, 7) is 13.2. The zero-order valence-corrected chi connectivity index (χ0v) is 11.3. The van der Waals surface area contributed by atoms with E-state index < -0.39 is 8.32 Å². The zero-order valence-electron chi connectivity index (χ0n) is 9.52. The van der Waals surface area contributed by atoms with E-state index in [2.05, 4.69) is 33.9 Å². The Morgan fingerprint density at radius 3 is 2.08 bits per heavy atom. The second-order valence-electron chi connectivity index (χ2n) is 4.90. The van der Waals surface area contributed by atoms with Crippen LogP contribution in [0.15, 0.2) is 11.6 Å². The van der Waals surface area contributed by atoms with Crippen LogP contribution >= 0.6 is 11.6 Å². The topological polar surface area (TPSA) is 9.23 Å². The molecule has 78 valence electrons. The highest BCUT2D eigenvalue weighted by Gasteiger charge is 2.37. The van der Waals surface area contributed by atoms with Crippen LogP contribution in [0.2, 0.25) is 18.1 Å². The van der Waals surface area contributed by atoms with Crippen molar-refractivity contribution in [3.63, 3.8) is 0 Å². The minimum Gasteiger partial charge on any atom is -0.411 e. The van der Waals surface area contributed by atoms with Gasteiger partial charge in [-0.1, -0.05) is 32.4 Å². The van der Waals surface area contributed by atoms with Gasteiger partial charge in [0.15, 0.2) is 8.32 Å². The van der Waals surface area contributed by atoms with Crippen LogP contribution in [0.25, 0.3) is 0 Å². The van der Waals surface area contributed by atoms with E-state index in [1.807, 2.05) is 13.0 Å². The van der Waals surface area contributed by atoms with Gasteiger partial charge in [-0.3, -0.25) is 0 Å². The third-order valence-corrected chi connectivity index (χ3v) is 7.35. The van der Waals surface area contributed by atoms with Crippen molar-refractivity contribution in [1.29, 1.82) is 0 Å². The summed E-state index contributed by atoms with van der Waals surface area (Å²) in [6.07, 6.45) is 2.00. The summed E-state index contributed by atoms with van der Waals surface area (Å²) in [4.78, 5) is 0. The van der Waals surface area contributed by atoms with Crippen molar-refractivity contribution in [3.05, 3.63) is 11.6 Å². The summed E-state index contributed by atoms with van der Waals surface area (Å²) < 4.78 is 6.01. The fourth-order valence-electron chi connectivity index (χ4n) is 0.783. The van der Waals surface area contributed by atoms with E-state index in [0.29, 0.717) is 0 Å². The van der Waals surface area contributed by atoms with E-state index in [4.69, 9.17) is 16.0 Å². The van der Waals surface area contributed by atoms with Crippen molar-refractivity contribution in [2.24, 2.45) is 0 Å². The average Bonchev–Trinajstić information content (AvgIpc) is 1.83. The Hall–Kier alpha value is 0.207. The molecule has 0 radical (unpaired) electrons. The van der Waals surface area contributed by atoms with Gasteiger partial charge in [-0.2, -0.15) is 0 Å². The molecule has 0 aromatic carbocycles. The highest BCUT2D eigenvalue weighted by Crippen LogP contribution is 2.37. The Morgan fingerprint density at radius 2 is 1.77 bits per heavy atom. The maximum absolute atomic E-state index is 6.01. The molecule has 1 atom stereocenters. The maximum Gasteiger partial charge on any atom is 0.192 e. The summed E-state index contributed by atoms with van der Waals surface area (Å²) >= 11 is 5.49. The highest BCUT2D eigenvalue weighted by atomic mass is 35.5. The summed E-state index contributed by atoms with van der Waals surface area (Å²) in [5.74, 6) is 0. The quantitative estimate of drug-likeness (QED) is 0.650. The largest absolute Gasteiger partial charge is 0.411 e. The smallest absolute Gasteiger partial charge is 0.192 e. The summed E-state index contributed by atoms with van der Waals surface area (Å²) in [5, 5.41) is 0.265. The zero-order chi connectivity index (χ0) is 10.7. The molecule has 0 aliphatic heterocycles. The van der Waals surface area contributed by atoms with Gasteiger partial charge in [-0.05, 0) is 31.1 Å². The third kappa shape index (κ3) is 4.30. The van der Waals surface area contributed by atoms with E-state index >= 15 is 0 Å². The van der Waals surface area contributed by atoms with Gasteiger partial charge in [0.25, 0.3) is 0 Å². The van der Waals surface area contributed by atoms with Crippen molar-refractivity contribution in [2.75, 3.05) is 0 Å². The lowest BCUT2D eigenvalue weighted by molar-refractivity contribution is 0.243. The molecule has 0 aliphatic carbocycles. The lowest BCUT2D eigenvalue weighted by Crippen LogP contribution is -2.42. The van der Waals surface area contributed by atoms with E-state index in [1.54, 1.807) is 0 Å². The molecule has 0 fully saturated rings. The van der Waals surface area contributed by atoms with Crippen molar-refractivity contribution in [1.82, 2.24) is 0 Å². The normalized spacial score (nSPS) is 16.5. The number of halogens is 1. The Morgan fingerprint density at radius 1 is 1.31 bits per heavy atom. The first-order chi connectivity index (χ1) is 5.70. The first-order valence-corrected chi connectivity index (χ1v) is 8.00. The molecular formula is C10H21ClOSi. The van der Waals surface area contributed by atoms with Crippen LogP contribution in [-0.2, 0) is 4.43 Å². The van der Waals surface area contributed by atoms with E-state index in [0.717, 1.165) is 0 Å². The van der Waals surface area contributed by atoms with Crippen LogP contribution in [0.4, 0.5) is 0 Å². The number of hydrogen-bond donors (Lipinski definition) is 0. The fourth-order valence-corrected chi connectivity index (χ4v) is 2.35. The highest BCUT2D eigenvalue weighted by molar-refractivity contribution is 6.74. The van der Waals surface area contributed by atoms with E-state index in [9.17, 15) is 0 Å². The molecule has 3 heteroatoms. The van der Waals surface area contributed by atoms with Crippen LogP contribution in [0.5, 0.6) is 0 Å². The van der Waals surface area contributed by atoms with Gasteiger partial charge in [0.05, 0.1) is 6.10 Å². The lowest BCUT2D eigenvalue weighted by atomic mass is 10.2. The molecule has 0 saturated carbocycles. The Labute approximate surface area is 88.3 Å².